The SMILES string of the molecule is O=C1C(c2ccc3c(c2)OCCO3)=COC2C1CCC(O)C2CN1CCOCC1. The third-order valence-electron chi connectivity index (χ3n) is 6.46. The van der Waals surface area contributed by atoms with Gasteiger partial charge in [-0.25, -0.2) is 0 Å². The van der Waals surface area contributed by atoms with Crippen LogP contribution in [0.2, 0.25) is 0 Å². The lowest BCUT2D eigenvalue weighted by Crippen LogP contribution is -2.53. The molecule has 0 amide bonds. The zero-order valence-electron chi connectivity index (χ0n) is 16.4. The summed E-state index contributed by atoms with van der Waals surface area (Å²) in [6.45, 7) is 4.90. The summed E-state index contributed by atoms with van der Waals surface area (Å²) in [4.78, 5) is 15.6. The Hall–Kier alpha value is -2.09. The number of carbonyl (C=O) groups is 1. The van der Waals surface area contributed by atoms with Crippen LogP contribution >= 0.6 is 0 Å². The van der Waals surface area contributed by atoms with E-state index in [-0.39, 0.29) is 23.7 Å². The average molecular weight is 401 g/mol. The number of rotatable bonds is 3. The Morgan fingerprint density at radius 1 is 1.03 bits per heavy atom. The minimum absolute atomic E-state index is 0.0751. The number of Topliss-reactive ketones (excluding diaryl/α,β-unsaturated/α-hetero) is 1. The van der Waals surface area contributed by atoms with E-state index in [9.17, 15) is 9.90 Å². The van der Waals surface area contributed by atoms with Crippen molar-refractivity contribution in [3.8, 4) is 11.5 Å². The van der Waals surface area contributed by atoms with Gasteiger partial charge in [0.25, 0.3) is 0 Å². The largest absolute Gasteiger partial charge is 0.496 e. The standard InChI is InChI=1S/C22H27NO6/c24-18-3-2-15-21(25)17(14-1-4-19-20(11-14)28-10-9-27-19)13-29-22(15)16(18)12-23-5-7-26-8-6-23/h1,4,11,13,15-16,18,22,24H,2-3,5-10,12H2. The molecule has 2 fully saturated rings. The Labute approximate surface area is 170 Å². The van der Waals surface area contributed by atoms with Crippen LogP contribution in [-0.4, -0.2) is 74.1 Å². The van der Waals surface area contributed by atoms with Crippen LogP contribution in [-0.2, 0) is 14.3 Å². The summed E-state index contributed by atoms with van der Waals surface area (Å²) < 4.78 is 22.8. The van der Waals surface area contributed by atoms with Gasteiger partial charge in [-0.3, -0.25) is 9.69 Å². The molecule has 29 heavy (non-hydrogen) atoms. The second-order valence-electron chi connectivity index (χ2n) is 8.18. The lowest BCUT2D eigenvalue weighted by Gasteiger charge is -2.44. The molecule has 4 unspecified atom stereocenters. The molecule has 1 aromatic rings. The number of allylic oxidation sites excluding steroid dienone is 1. The lowest BCUT2D eigenvalue weighted by atomic mass is 9.72. The fourth-order valence-corrected chi connectivity index (χ4v) is 4.86. The number of morpholine rings is 1. The van der Waals surface area contributed by atoms with Crippen molar-refractivity contribution in [2.24, 2.45) is 11.8 Å². The first-order chi connectivity index (χ1) is 14.2. The van der Waals surface area contributed by atoms with Gasteiger partial charge in [0.05, 0.1) is 37.1 Å². The molecule has 156 valence electrons. The quantitative estimate of drug-likeness (QED) is 0.822. The molecule has 4 aliphatic rings. The molecule has 1 saturated carbocycles. The zero-order chi connectivity index (χ0) is 19.8. The second-order valence-corrected chi connectivity index (χ2v) is 8.18. The number of nitrogens with zero attached hydrogens (tertiary/aromatic N) is 1. The molecule has 1 N–H and O–H groups in total. The number of aliphatic hydroxyl groups excluding tert-OH is 1. The van der Waals surface area contributed by atoms with Crippen molar-refractivity contribution < 1.29 is 28.8 Å². The summed E-state index contributed by atoms with van der Waals surface area (Å²) in [5.41, 5.74) is 1.36. The van der Waals surface area contributed by atoms with Gasteiger partial charge in [-0.1, -0.05) is 6.07 Å². The Bertz CT molecular complexity index is 802. The van der Waals surface area contributed by atoms with Gasteiger partial charge in [0.2, 0.25) is 0 Å². The van der Waals surface area contributed by atoms with Crippen molar-refractivity contribution in [3.05, 3.63) is 30.0 Å². The summed E-state index contributed by atoms with van der Waals surface area (Å²) in [6, 6.07) is 5.57. The molecule has 3 heterocycles. The minimum Gasteiger partial charge on any atom is -0.496 e. The van der Waals surface area contributed by atoms with Crippen LogP contribution in [0.5, 0.6) is 11.5 Å². The van der Waals surface area contributed by atoms with Gasteiger partial charge in [-0.05, 0) is 30.5 Å². The maximum Gasteiger partial charge on any atom is 0.173 e. The Balaban J connectivity index is 1.37. The van der Waals surface area contributed by atoms with Gasteiger partial charge in [0.1, 0.15) is 19.3 Å². The maximum atomic E-state index is 13.3. The first-order valence-corrected chi connectivity index (χ1v) is 10.5. The molecule has 0 radical (unpaired) electrons. The highest BCUT2D eigenvalue weighted by atomic mass is 16.6. The monoisotopic (exact) mass is 401 g/mol. The fraction of sp³-hybridized carbons (Fsp3) is 0.591. The maximum absolute atomic E-state index is 13.3. The van der Waals surface area contributed by atoms with Crippen LogP contribution in [0.1, 0.15) is 18.4 Å². The molecule has 1 aromatic carbocycles. The van der Waals surface area contributed by atoms with Gasteiger partial charge in [-0.15, -0.1) is 0 Å². The van der Waals surface area contributed by atoms with Crippen molar-refractivity contribution in [1.82, 2.24) is 4.90 Å². The third kappa shape index (κ3) is 3.63. The van der Waals surface area contributed by atoms with Crippen LogP contribution in [0.4, 0.5) is 0 Å². The van der Waals surface area contributed by atoms with Crippen LogP contribution in [0.25, 0.3) is 5.57 Å². The summed E-state index contributed by atoms with van der Waals surface area (Å²) in [7, 11) is 0. The van der Waals surface area contributed by atoms with Gasteiger partial charge in [0.15, 0.2) is 17.3 Å². The highest BCUT2D eigenvalue weighted by Gasteiger charge is 2.46. The predicted octanol–water partition coefficient (Wildman–Crippen LogP) is 1.49. The molecule has 5 rings (SSSR count). The van der Waals surface area contributed by atoms with E-state index in [1.165, 1.54) is 0 Å². The number of hydrogen-bond acceptors (Lipinski definition) is 7. The summed E-state index contributed by atoms with van der Waals surface area (Å²) in [6.07, 6.45) is 2.12. The summed E-state index contributed by atoms with van der Waals surface area (Å²) >= 11 is 0. The van der Waals surface area contributed by atoms with Gasteiger partial charge in [0, 0.05) is 25.6 Å². The highest BCUT2D eigenvalue weighted by Crippen LogP contribution is 2.41. The molecule has 0 spiro atoms. The van der Waals surface area contributed by atoms with Gasteiger partial charge < -0.3 is 24.1 Å². The zero-order valence-corrected chi connectivity index (χ0v) is 16.4. The van der Waals surface area contributed by atoms with Gasteiger partial charge >= 0.3 is 0 Å². The average Bonchev–Trinajstić information content (AvgIpc) is 2.76. The molecule has 0 aromatic heterocycles. The summed E-state index contributed by atoms with van der Waals surface area (Å²) in [5.74, 6) is 1.16. The Morgan fingerprint density at radius 2 is 1.83 bits per heavy atom. The van der Waals surface area contributed by atoms with E-state index >= 15 is 0 Å². The fourth-order valence-electron chi connectivity index (χ4n) is 4.86. The van der Waals surface area contributed by atoms with E-state index in [0.717, 1.165) is 25.2 Å². The number of ketones is 1. The van der Waals surface area contributed by atoms with E-state index in [1.54, 1.807) is 6.26 Å². The third-order valence-corrected chi connectivity index (χ3v) is 6.46. The van der Waals surface area contributed by atoms with Crippen LogP contribution in [0.3, 0.4) is 0 Å². The topological polar surface area (TPSA) is 77.5 Å². The van der Waals surface area contributed by atoms with Crippen molar-refractivity contribution in [2.45, 2.75) is 25.0 Å². The molecule has 0 bridgehead atoms. The molecule has 1 saturated heterocycles. The molecule has 3 aliphatic heterocycles. The highest BCUT2D eigenvalue weighted by molar-refractivity contribution is 6.22. The number of benzene rings is 1. The van der Waals surface area contributed by atoms with E-state index in [0.29, 0.717) is 56.3 Å². The first kappa shape index (κ1) is 18.9. The Kier molecular flexibility index (Phi) is 5.20. The molecular formula is C22H27NO6. The van der Waals surface area contributed by atoms with E-state index in [1.807, 2.05) is 18.2 Å². The number of fused-ring (bicyclic) bond motifs is 2. The Morgan fingerprint density at radius 3 is 2.66 bits per heavy atom. The van der Waals surface area contributed by atoms with Crippen molar-refractivity contribution in [2.75, 3.05) is 46.1 Å². The van der Waals surface area contributed by atoms with Crippen molar-refractivity contribution in [3.63, 3.8) is 0 Å². The molecule has 7 nitrogen and oxygen atoms in total. The van der Waals surface area contributed by atoms with Gasteiger partial charge in [-0.2, -0.15) is 0 Å². The number of aliphatic hydroxyl groups is 1. The van der Waals surface area contributed by atoms with E-state index in [4.69, 9.17) is 18.9 Å². The van der Waals surface area contributed by atoms with Crippen molar-refractivity contribution >= 4 is 11.4 Å². The second kappa shape index (κ2) is 7.97. The first-order valence-electron chi connectivity index (χ1n) is 10.5. The van der Waals surface area contributed by atoms with Crippen LogP contribution in [0, 0.1) is 11.8 Å². The van der Waals surface area contributed by atoms with Crippen molar-refractivity contribution in [1.29, 1.82) is 0 Å². The lowest BCUT2D eigenvalue weighted by molar-refractivity contribution is -0.134. The molecular weight excluding hydrogens is 374 g/mol. The number of hydrogen-bond donors (Lipinski definition) is 1. The minimum atomic E-state index is -0.448. The molecule has 7 heteroatoms. The van der Waals surface area contributed by atoms with Crippen LogP contribution in [0.15, 0.2) is 24.5 Å². The number of ether oxygens (including phenoxy) is 4. The van der Waals surface area contributed by atoms with E-state index in [2.05, 4.69) is 4.90 Å². The summed E-state index contributed by atoms with van der Waals surface area (Å²) in [5, 5.41) is 10.6. The number of carbonyl (C=O) groups excluding carboxylic acids is 1. The van der Waals surface area contributed by atoms with E-state index < -0.39 is 6.10 Å². The normalized spacial score (nSPS) is 32.2. The molecule has 4 atom stereocenters. The smallest absolute Gasteiger partial charge is 0.173 e. The predicted molar refractivity (Wildman–Crippen MR) is 105 cm³/mol. The van der Waals surface area contributed by atoms with Crippen LogP contribution < -0.4 is 9.47 Å². The molecule has 1 aliphatic carbocycles.